The van der Waals surface area contributed by atoms with E-state index in [1.54, 1.807) is 0 Å². The van der Waals surface area contributed by atoms with E-state index in [-0.39, 0.29) is 5.54 Å². The van der Waals surface area contributed by atoms with Crippen LogP contribution in [0.15, 0.2) is 0 Å². The van der Waals surface area contributed by atoms with Crippen LogP contribution in [0.3, 0.4) is 0 Å². The van der Waals surface area contributed by atoms with Gasteiger partial charge in [0, 0.05) is 19.3 Å². The van der Waals surface area contributed by atoms with Crippen LogP contribution in [0.25, 0.3) is 0 Å². The smallest absolute Gasteiger partial charge is 0.104 e. The monoisotopic (exact) mass is 224 g/mol. The lowest BCUT2D eigenvalue weighted by atomic mass is 9.98. The quantitative estimate of drug-likeness (QED) is 0.612. The van der Waals surface area contributed by atoms with Gasteiger partial charge in [0.25, 0.3) is 0 Å². The van der Waals surface area contributed by atoms with Gasteiger partial charge in [0.05, 0.1) is 6.07 Å². The van der Waals surface area contributed by atoms with E-state index in [1.807, 2.05) is 6.92 Å². The molecule has 1 N–H and O–H groups in total. The van der Waals surface area contributed by atoms with Crippen LogP contribution in [0.2, 0.25) is 0 Å². The van der Waals surface area contributed by atoms with Crippen molar-refractivity contribution in [2.75, 3.05) is 13.2 Å². The number of hydrogen-bond acceptors (Lipinski definition) is 3. The van der Waals surface area contributed by atoms with E-state index in [0.29, 0.717) is 6.04 Å². The minimum atomic E-state index is -0.352. The molecule has 0 aromatic rings. The Labute approximate surface area is 99.2 Å². The highest BCUT2D eigenvalue weighted by molar-refractivity contribution is 5.06. The van der Waals surface area contributed by atoms with Crippen molar-refractivity contribution < 1.29 is 4.74 Å². The number of hydrogen-bond donors (Lipinski definition) is 1. The molecule has 16 heavy (non-hydrogen) atoms. The number of ether oxygens (including phenoxy) is 1. The lowest BCUT2D eigenvalue weighted by Crippen LogP contribution is -2.42. The molecule has 0 aromatic carbocycles. The van der Waals surface area contributed by atoms with Crippen molar-refractivity contribution in [3.63, 3.8) is 0 Å². The molecule has 1 saturated carbocycles. The maximum Gasteiger partial charge on any atom is 0.104 e. The Bertz CT molecular complexity index is 233. The largest absolute Gasteiger partial charge is 0.381 e. The molecule has 0 spiro atoms. The molecule has 0 aromatic heterocycles. The summed E-state index contributed by atoms with van der Waals surface area (Å²) in [7, 11) is 0. The molecule has 1 fully saturated rings. The van der Waals surface area contributed by atoms with Gasteiger partial charge in [-0.2, -0.15) is 5.26 Å². The Hall–Kier alpha value is -0.590. The molecule has 1 unspecified atom stereocenters. The average Bonchev–Trinajstić information content (AvgIpc) is 3.07. The van der Waals surface area contributed by atoms with Crippen molar-refractivity contribution in [1.82, 2.24) is 5.32 Å². The van der Waals surface area contributed by atoms with Crippen molar-refractivity contribution >= 4 is 0 Å². The van der Waals surface area contributed by atoms with Crippen LogP contribution in [-0.2, 0) is 4.74 Å². The second kappa shape index (κ2) is 6.88. The Morgan fingerprint density at radius 2 is 2.06 bits per heavy atom. The lowest BCUT2D eigenvalue weighted by Gasteiger charge is -2.23. The number of nitriles is 1. The van der Waals surface area contributed by atoms with E-state index in [9.17, 15) is 0 Å². The zero-order valence-electron chi connectivity index (χ0n) is 10.6. The van der Waals surface area contributed by atoms with Gasteiger partial charge >= 0.3 is 0 Å². The van der Waals surface area contributed by atoms with Gasteiger partial charge < -0.3 is 4.74 Å². The van der Waals surface area contributed by atoms with Gasteiger partial charge in [-0.15, -0.1) is 0 Å². The lowest BCUT2D eigenvalue weighted by molar-refractivity contribution is 0.123. The summed E-state index contributed by atoms with van der Waals surface area (Å²) in [6, 6.07) is 2.97. The SMILES string of the molecule is CCCCOCCCC(C)(C#N)NC1CC1. The van der Waals surface area contributed by atoms with E-state index >= 15 is 0 Å². The summed E-state index contributed by atoms with van der Waals surface area (Å²) >= 11 is 0. The fourth-order valence-corrected chi connectivity index (χ4v) is 1.71. The van der Waals surface area contributed by atoms with E-state index in [1.165, 1.54) is 19.3 Å². The second-order valence-corrected chi connectivity index (χ2v) is 4.93. The topological polar surface area (TPSA) is 45.0 Å². The Morgan fingerprint density at radius 1 is 1.38 bits per heavy atom. The highest BCUT2D eigenvalue weighted by atomic mass is 16.5. The van der Waals surface area contributed by atoms with Gasteiger partial charge in [-0.3, -0.25) is 5.32 Å². The molecule has 1 aliphatic rings. The minimum Gasteiger partial charge on any atom is -0.381 e. The fourth-order valence-electron chi connectivity index (χ4n) is 1.71. The first-order valence-corrected chi connectivity index (χ1v) is 6.47. The molecule has 92 valence electrons. The minimum absolute atomic E-state index is 0.352. The Morgan fingerprint density at radius 3 is 2.62 bits per heavy atom. The van der Waals surface area contributed by atoms with Crippen molar-refractivity contribution in [3.05, 3.63) is 0 Å². The standard InChI is InChI=1S/C13H24N2O/c1-3-4-9-16-10-5-8-13(2,11-14)15-12-6-7-12/h12,15H,3-10H2,1-2H3. The second-order valence-electron chi connectivity index (χ2n) is 4.93. The third-order valence-corrected chi connectivity index (χ3v) is 2.95. The van der Waals surface area contributed by atoms with Crippen LogP contribution in [0.4, 0.5) is 0 Å². The van der Waals surface area contributed by atoms with E-state index in [0.717, 1.165) is 32.5 Å². The van der Waals surface area contributed by atoms with E-state index in [2.05, 4.69) is 18.3 Å². The van der Waals surface area contributed by atoms with Crippen LogP contribution in [0, 0.1) is 11.3 Å². The number of nitrogens with one attached hydrogen (secondary N) is 1. The molecule has 1 atom stereocenters. The number of nitrogens with zero attached hydrogens (tertiary/aromatic N) is 1. The molecule has 0 amide bonds. The Balaban J connectivity index is 2.06. The van der Waals surface area contributed by atoms with Gasteiger partial charge in [0.2, 0.25) is 0 Å². The van der Waals surface area contributed by atoms with E-state index in [4.69, 9.17) is 10.00 Å². The van der Waals surface area contributed by atoms with Crippen molar-refractivity contribution in [2.45, 2.75) is 64.0 Å². The first kappa shape index (κ1) is 13.5. The molecular weight excluding hydrogens is 200 g/mol. The summed E-state index contributed by atoms with van der Waals surface area (Å²) in [5.74, 6) is 0. The van der Waals surface area contributed by atoms with Crippen LogP contribution >= 0.6 is 0 Å². The van der Waals surface area contributed by atoms with Gasteiger partial charge in [-0.05, 0) is 39.0 Å². The highest BCUT2D eigenvalue weighted by Crippen LogP contribution is 2.24. The van der Waals surface area contributed by atoms with Gasteiger partial charge in [-0.25, -0.2) is 0 Å². The molecular formula is C13H24N2O. The summed E-state index contributed by atoms with van der Waals surface area (Å²) < 4.78 is 5.50. The van der Waals surface area contributed by atoms with Crippen LogP contribution in [0.5, 0.6) is 0 Å². The van der Waals surface area contributed by atoms with Crippen molar-refractivity contribution in [2.24, 2.45) is 0 Å². The van der Waals surface area contributed by atoms with E-state index < -0.39 is 0 Å². The van der Waals surface area contributed by atoms with Crippen LogP contribution < -0.4 is 5.32 Å². The van der Waals surface area contributed by atoms with Crippen LogP contribution in [0.1, 0.15) is 52.4 Å². The molecule has 1 aliphatic carbocycles. The van der Waals surface area contributed by atoms with Crippen molar-refractivity contribution in [3.8, 4) is 6.07 Å². The normalized spacial score (nSPS) is 19.1. The summed E-state index contributed by atoms with van der Waals surface area (Å²) in [5.41, 5.74) is -0.352. The van der Waals surface area contributed by atoms with Crippen molar-refractivity contribution in [1.29, 1.82) is 5.26 Å². The number of rotatable bonds is 9. The zero-order valence-corrected chi connectivity index (χ0v) is 10.6. The Kier molecular flexibility index (Phi) is 5.79. The molecule has 3 heteroatoms. The predicted octanol–water partition coefficient (Wildman–Crippen LogP) is 2.62. The maximum atomic E-state index is 9.15. The first-order chi connectivity index (χ1) is 7.70. The average molecular weight is 224 g/mol. The van der Waals surface area contributed by atoms with Gasteiger partial charge in [-0.1, -0.05) is 13.3 Å². The number of unbranched alkanes of at least 4 members (excludes halogenated alkanes) is 1. The third-order valence-electron chi connectivity index (χ3n) is 2.95. The predicted molar refractivity (Wildman–Crippen MR) is 65.1 cm³/mol. The van der Waals surface area contributed by atoms with Crippen LogP contribution in [-0.4, -0.2) is 24.8 Å². The molecule has 0 aliphatic heterocycles. The molecule has 0 saturated heterocycles. The molecule has 0 radical (unpaired) electrons. The molecule has 0 bridgehead atoms. The summed E-state index contributed by atoms with van der Waals surface area (Å²) in [6.07, 6.45) is 6.61. The highest BCUT2D eigenvalue weighted by Gasteiger charge is 2.31. The van der Waals surface area contributed by atoms with Gasteiger partial charge in [0.15, 0.2) is 0 Å². The molecule has 1 rings (SSSR count). The third kappa shape index (κ3) is 5.48. The fraction of sp³-hybridized carbons (Fsp3) is 0.923. The summed E-state index contributed by atoms with van der Waals surface area (Å²) in [5, 5.41) is 12.6. The van der Waals surface area contributed by atoms with Gasteiger partial charge in [0.1, 0.15) is 5.54 Å². The summed E-state index contributed by atoms with van der Waals surface area (Å²) in [6.45, 7) is 5.80. The first-order valence-electron chi connectivity index (χ1n) is 6.47. The summed E-state index contributed by atoms with van der Waals surface area (Å²) in [4.78, 5) is 0. The zero-order chi connectivity index (χ0) is 11.9. The maximum absolute atomic E-state index is 9.15. The molecule has 3 nitrogen and oxygen atoms in total. The molecule has 0 heterocycles.